The molecule has 3 nitrogen and oxygen atoms in total. The number of rotatable bonds is 5. The van der Waals surface area contributed by atoms with Crippen molar-refractivity contribution in [1.82, 2.24) is 4.90 Å². The molecular weight excluding hydrogens is 238 g/mol. The first kappa shape index (κ1) is 14.8. The van der Waals surface area contributed by atoms with Crippen molar-refractivity contribution in [1.29, 1.82) is 0 Å². The Morgan fingerprint density at radius 2 is 1.89 bits per heavy atom. The molecule has 0 aromatic carbocycles. The molecule has 2 fully saturated rings. The van der Waals surface area contributed by atoms with E-state index in [0.717, 1.165) is 31.8 Å². The third-order valence-electron chi connectivity index (χ3n) is 5.14. The Bertz CT molecular complexity index is 286. The third-order valence-corrected chi connectivity index (χ3v) is 5.14. The molecule has 110 valence electrons. The van der Waals surface area contributed by atoms with Crippen molar-refractivity contribution in [2.45, 2.75) is 70.8 Å². The van der Waals surface area contributed by atoms with Crippen LogP contribution in [0.25, 0.3) is 0 Å². The predicted octanol–water partition coefficient (Wildman–Crippen LogP) is 3.53. The van der Waals surface area contributed by atoms with Crippen molar-refractivity contribution in [3.05, 3.63) is 0 Å². The maximum absolute atomic E-state index is 11.1. The first-order valence-corrected chi connectivity index (χ1v) is 8.13. The fraction of sp³-hybridized carbons (Fsp3) is 0.938. The third kappa shape index (κ3) is 4.48. The Hall–Kier alpha value is -0.570. The lowest BCUT2D eigenvalue weighted by molar-refractivity contribution is -0.144. The highest BCUT2D eigenvalue weighted by Crippen LogP contribution is 2.28. The van der Waals surface area contributed by atoms with E-state index in [9.17, 15) is 4.79 Å². The predicted molar refractivity (Wildman–Crippen MR) is 77.2 cm³/mol. The van der Waals surface area contributed by atoms with Crippen molar-refractivity contribution in [3.8, 4) is 0 Å². The number of carboxylic acid groups (broad SMARTS) is 1. The Balaban J connectivity index is 1.69. The molecule has 19 heavy (non-hydrogen) atoms. The highest BCUT2D eigenvalue weighted by Gasteiger charge is 2.29. The van der Waals surface area contributed by atoms with Crippen LogP contribution in [0.4, 0.5) is 0 Å². The van der Waals surface area contributed by atoms with Crippen molar-refractivity contribution in [2.75, 3.05) is 13.1 Å². The van der Waals surface area contributed by atoms with Gasteiger partial charge in [-0.1, -0.05) is 32.1 Å². The molecule has 1 aliphatic carbocycles. The lowest BCUT2D eigenvalue weighted by Crippen LogP contribution is -2.44. The summed E-state index contributed by atoms with van der Waals surface area (Å²) in [5, 5.41) is 9.14. The van der Waals surface area contributed by atoms with E-state index in [1.54, 1.807) is 0 Å². The van der Waals surface area contributed by atoms with Crippen LogP contribution in [0.2, 0.25) is 0 Å². The van der Waals surface area contributed by atoms with E-state index in [-0.39, 0.29) is 5.92 Å². The number of aliphatic carboxylic acids is 1. The summed E-state index contributed by atoms with van der Waals surface area (Å²) in [6.45, 7) is 4.11. The van der Waals surface area contributed by atoms with E-state index in [1.165, 1.54) is 44.9 Å². The molecule has 1 heterocycles. The van der Waals surface area contributed by atoms with Crippen LogP contribution in [0.3, 0.4) is 0 Å². The zero-order valence-corrected chi connectivity index (χ0v) is 12.3. The van der Waals surface area contributed by atoms with Gasteiger partial charge in [0.15, 0.2) is 0 Å². The van der Waals surface area contributed by atoms with Gasteiger partial charge in [0.2, 0.25) is 0 Å². The highest BCUT2D eigenvalue weighted by atomic mass is 16.4. The van der Waals surface area contributed by atoms with Gasteiger partial charge in [-0.25, -0.2) is 0 Å². The molecule has 0 bridgehead atoms. The van der Waals surface area contributed by atoms with E-state index < -0.39 is 5.97 Å². The minimum atomic E-state index is -0.607. The smallest absolute Gasteiger partial charge is 0.307 e. The van der Waals surface area contributed by atoms with Crippen LogP contribution >= 0.6 is 0 Å². The summed E-state index contributed by atoms with van der Waals surface area (Å²) in [7, 11) is 0. The van der Waals surface area contributed by atoms with Gasteiger partial charge in [-0.2, -0.15) is 0 Å². The number of hydrogen-bond acceptors (Lipinski definition) is 2. The molecule has 2 atom stereocenters. The molecule has 2 rings (SSSR count). The van der Waals surface area contributed by atoms with Gasteiger partial charge in [0.05, 0.1) is 5.92 Å². The van der Waals surface area contributed by atoms with Gasteiger partial charge >= 0.3 is 5.97 Å². The second-order valence-corrected chi connectivity index (χ2v) is 6.60. The van der Waals surface area contributed by atoms with E-state index in [0.29, 0.717) is 6.04 Å². The summed E-state index contributed by atoms with van der Waals surface area (Å²) in [5.41, 5.74) is 0. The molecular formula is C16H29NO2. The van der Waals surface area contributed by atoms with Crippen LogP contribution < -0.4 is 0 Å². The molecule has 2 unspecified atom stereocenters. The van der Waals surface area contributed by atoms with Gasteiger partial charge in [0, 0.05) is 12.6 Å². The Labute approximate surface area is 117 Å². The molecule has 0 aromatic heterocycles. The molecule has 0 radical (unpaired) electrons. The molecule has 3 heteroatoms. The highest BCUT2D eigenvalue weighted by molar-refractivity contribution is 5.70. The van der Waals surface area contributed by atoms with E-state index in [2.05, 4.69) is 11.8 Å². The quantitative estimate of drug-likeness (QED) is 0.828. The number of piperidine rings is 1. The summed E-state index contributed by atoms with van der Waals surface area (Å²) < 4.78 is 0. The van der Waals surface area contributed by atoms with Crippen molar-refractivity contribution in [3.63, 3.8) is 0 Å². The van der Waals surface area contributed by atoms with Crippen LogP contribution in [0.1, 0.15) is 64.7 Å². The molecule has 0 amide bonds. The summed E-state index contributed by atoms with van der Waals surface area (Å²) >= 11 is 0. The monoisotopic (exact) mass is 267 g/mol. The topological polar surface area (TPSA) is 40.5 Å². The zero-order chi connectivity index (χ0) is 13.7. The summed E-state index contributed by atoms with van der Waals surface area (Å²) in [4.78, 5) is 13.5. The summed E-state index contributed by atoms with van der Waals surface area (Å²) in [5.74, 6) is 0.208. The number of carbonyl (C=O) groups is 1. The molecule has 0 aromatic rings. The maximum atomic E-state index is 11.1. The number of nitrogens with zero attached hydrogens (tertiary/aromatic N) is 1. The van der Waals surface area contributed by atoms with Crippen LogP contribution in [-0.2, 0) is 4.79 Å². The fourth-order valence-corrected chi connectivity index (χ4v) is 3.75. The van der Waals surface area contributed by atoms with Crippen molar-refractivity contribution < 1.29 is 9.90 Å². The first-order valence-electron chi connectivity index (χ1n) is 8.13. The average Bonchev–Trinajstić information content (AvgIpc) is 2.42. The van der Waals surface area contributed by atoms with Crippen LogP contribution in [0, 0.1) is 11.8 Å². The molecule has 0 spiro atoms. The average molecular weight is 267 g/mol. The molecule has 1 aliphatic heterocycles. The second kappa shape index (κ2) is 7.28. The number of carboxylic acids is 1. The van der Waals surface area contributed by atoms with Crippen LogP contribution in [0.15, 0.2) is 0 Å². The largest absolute Gasteiger partial charge is 0.481 e. The SMILES string of the molecule is CC1CCC(C(=O)O)CN1CCCC1CCCCC1. The zero-order valence-electron chi connectivity index (χ0n) is 12.3. The Morgan fingerprint density at radius 1 is 1.16 bits per heavy atom. The second-order valence-electron chi connectivity index (χ2n) is 6.60. The molecule has 1 N–H and O–H groups in total. The maximum Gasteiger partial charge on any atom is 0.307 e. The van der Waals surface area contributed by atoms with Gasteiger partial charge in [0.25, 0.3) is 0 Å². The van der Waals surface area contributed by atoms with Crippen molar-refractivity contribution in [2.24, 2.45) is 11.8 Å². The fourth-order valence-electron chi connectivity index (χ4n) is 3.75. The van der Waals surface area contributed by atoms with Crippen molar-refractivity contribution >= 4 is 5.97 Å². The van der Waals surface area contributed by atoms with E-state index in [4.69, 9.17) is 5.11 Å². The van der Waals surface area contributed by atoms with E-state index in [1.807, 2.05) is 0 Å². The van der Waals surface area contributed by atoms with Gasteiger partial charge in [-0.15, -0.1) is 0 Å². The standard InChI is InChI=1S/C16H29NO2/c1-13-9-10-15(16(18)19)12-17(13)11-5-8-14-6-3-2-4-7-14/h13-15H,2-12H2,1H3,(H,18,19). The minimum absolute atomic E-state index is 0.133. The molecule has 1 saturated carbocycles. The Morgan fingerprint density at radius 3 is 2.58 bits per heavy atom. The van der Waals surface area contributed by atoms with Gasteiger partial charge < -0.3 is 5.11 Å². The number of likely N-dealkylation sites (tertiary alicyclic amines) is 1. The lowest BCUT2D eigenvalue weighted by Gasteiger charge is -2.36. The first-order chi connectivity index (χ1) is 9.16. The van der Waals surface area contributed by atoms with E-state index >= 15 is 0 Å². The van der Waals surface area contributed by atoms with Gasteiger partial charge in [-0.3, -0.25) is 9.69 Å². The normalized spacial score (nSPS) is 30.4. The summed E-state index contributed by atoms with van der Waals surface area (Å²) in [6, 6.07) is 0.571. The van der Waals surface area contributed by atoms with Gasteiger partial charge in [-0.05, 0) is 45.1 Å². The summed E-state index contributed by atoms with van der Waals surface area (Å²) in [6.07, 6.45) is 11.6. The number of hydrogen-bond donors (Lipinski definition) is 1. The molecule has 2 aliphatic rings. The minimum Gasteiger partial charge on any atom is -0.481 e. The Kier molecular flexibility index (Phi) is 5.68. The lowest BCUT2D eigenvalue weighted by atomic mass is 9.86. The van der Waals surface area contributed by atoms with Crippen LogP contribution in [-0.4, -0.2) is 35.1 Å². The molecule has 1 saturated heterocycles. The van der Waals surface area contributed by atoms with Crippen LogP contribution in [0.5, 0.6) is 0 Å². The van der Waals surface area contributed by atoms with Gasteiger partial charge in [0.1, 0.15) is 0 Å².